The summed E-state index contributed by atoms with van der Waals surface area (Å²) in [5, 5.41) is 24.3. The summed E-state index contributed by atoms with van der Waals surface area (Å²) in [5.74, 6) is 0.245. The van der Waals surface area contributed by atoms with E-state index in [0.29, 0.717) is 6.54 Å². The smallest absolute Gasteiger partial charge is 0.269 e. The molecule has 0 unspecified atom stereocenters. The van der Waals surface area contributed by atoms with Crippen molar-refractivity contribution in [2.75, 3.05) is 0 Å². The van der Waals surface area contributed by atoms with E-state index in [1.54, 1.807) is 37.3 Å². The van der Waals surface area contributed by atoms with Gasteiger partial charge in [0.1, 0.15) is 5.75 Å². The van der Waals surface area contributed by atoms with Crippen molar-refractivity contribution in [1.82, 2.24) is 0 Å². The molecule has 0 saturated carbocycles. The van der Waals surface area contributed by atoms with Gasteiger partial charge in [-0.3, -0.25) is 10.1 Å². The molecule has 0 spiro atoms. The number of aryl methyl sites for hydroxylation is 1. The molecule has 1 radical (unpaired) electrons. The molecule has 20 heavy (non-hydrogen) atoms. The van der Waals surface area contributed by atoms with E-state index < -0.39 is 4.92 Å². The van der Waals surface area contributed by atoms with Crippen LogP contribution in [-0.4, -0.2) is 10.0 Å². The summed E-state index contributed by atoms with van der Waals surface area (Å²) in [4.78, 5) is 10.1. The Hall–Kier alpha value is -1.12. The molecule has 101 valence electrons. The number of non-ortho nitro benzene ring substituents is 1. The first-order chi connectivity index (χ1) is 9.06. The third-order valence-corrected chi connectivity index (χ3v) is 2.77. The van der Waals surface area contributed by atoms with Gasteiger partial charge >= 0.3 is 0 Å². The summed E-state index contributed by atoms with van der Waals surface area (Å²) in [6.07, 6.45) is 0. The molecule has 0 heterocycles. The Morgan fingerprint density at radius 3 is 2.40 bits per heavy atom. The standard InChI is InChI=1S/C14H13N2O3.Ac/c1-10-8-12(4-7-14(10)17)15-9-11-2-5-13(6-3-11)16(18)19;/h2-8,17H,9H2,1H3;/q-1;. The van der Waals surface area contributed by atoms with Crippen molar-refractivity contribution in [1.29, 1.82) is 0 Å². The normalized spacial score (nSPS) is 9.65. The van der Waals surface area contributed by atoms with Gasteiger partial charge in [0.15, 0.2) is 0 Å². The number of hydrogen-bond acceptors (Lipinski definition) is 3. The number of aromatic hydroxyl groups is 1. The fourth-order valence-electron chi connectivity index (χ4n) is 1.64. The van der Waals surface area contributed by atoms with Crippen LogP contribution in [0.3, 0.4) is 0 Å². The van der Waals surface area contributed by atoms with Crippen LogP contribution in [-0.2, 0) is 6.54 Å². The molecule has 0 amide bonds. The van der Waals surface area contributed by atoms with Crippen molar-refractivity contribution < 1.29 is 54.1 Å². The molecule has 1 N–H and O–H groups in total. The minimum absolute atomic E-state index is 0. The first-order valence-electron chi connectivity index (χ1n) is 5.77. The Morgan fingerprint density at radius 2 is 1.85 bits per heavy atom. The summed E-state index contributed by atoms with van der Waals surface area (Å²) < 4.78 is 0. The first-order valence-corrected chi connectivity index (χ1v) is 5.77. The maximum Gasteiger partial charge on any atom is 0.269 e. The van der Waals surface area contributed by atoms with Crippen molar-refractivity contribution in [2.24, 2.45) is 0 Å². The van der Waals surface area contributed by atoms with Crippen molar-refractivity contribution >= 4 is 11.4 Å². The molecule has 0 atom stereocenters. The molecular weight excluding hydrogens is 471 g/mol. The predicted octanol–water partition coefficient (Wildman–Crippen LogP) is 3.81. The summed E-state index contributed by atoms with van der Waals surface area (Å²) in [5.41, 5.74) is 2.51. The molecule has 0 fully saturated rings. The molecule has 2 rings (SSSR count). The van der Waals surface area contributed by atoms with Gasteiger partial charge in [0.05, 0.1) is 4.92 Å². The van der Waals surface area contributed by atoms with Gasteiger partial charge in [0.25, 0.3) is 5.69 Å². The molecule has 0 saturated heterocycles. The Kier molecular flexibility index (Phi) is 6.44. The van der Waals surface area contributed by atoms with Gasteiger partial charge < -0.3 is 10.4 Å². The molecule has 0 aliphatic carbocycles. The number of phenols is 1. The second-order valence-electron chi connectivity index (χ2n) is 4.21. The number of nitrogens with zero attached hydrogens (tertiary/aromatic N) is 2. The first kappa shape index (κ1) is 16.9. The average Bonchev–Trinajstić information content (AvgIpc) is 2.40. The molecule has 2 aromatic rings. The van der Waals surface area contributed by atoms with E-state index in [4.69, 9.17) is 0 Å². The molecular formula is C14H13AcN2O3-. The molecule has 0 aromatic heterocycles. The van der Waals surface area contributed by atoms with Crippen molar-refractivity contribution in [3.05, 3.63) is 69.0 Å². The zero-order chi connectivity index (χ0) is 13.8. The molecule has 5 nitrogen and oxygen atoms in total. The van der Waals surface area contributed by atoms with E-state index in [-0.39, 0.29) is 55.5 Å². The van der Waals surface area contributed by atoms with Crippen molar-refractivity contribution in [2.45, 2.75) is 13.5 Å². The quantitative estimate of drug-likeness (QED) is 0.530. The van der Waals surface area contributed by atoms with Crippen LogP contribution in [0.1, 0.15) is 11.1 Å². The average molecular weight is 484 g/mol. The largest absolute Gasteiger partial charge is 0.681 e. The van der Waals surface area contributed by atoms with Gasteiger partial charge in [0.2, 0.25) is 0 Å². The molecule has 0 aliphatic rings. The molecule has 0 aliphatic heterocycles. The monoisotopic (exact) mass is 484 g/mol. The summed E-state index contributed by atoms with van der Waals surface area (Å²) in [6.45, 7) is 2.25. The molecule has 0 bridgehead atoms. The van der Waals surface area contributed by atoms with Crippen LogP contribution in [0, 0.1) is 61.1 Å². The molecule has 6 heteroatoms. The number of hydrogen-bond donors (Lipinski definition) is 1. The van der Waals surface area contributed by atoms with E-state index in [9.17, 15) is 15.2 Å². The summed E-state index contributed by atoms with van der Waals surface area (Å²) >= 11 is 0. The third-order valence-electron chi connectivity index (χ3n) is 2.77. The molecule has 2 aromatic carbocycles. The number of nitro groups is 1. The van der Waals surface area contributed by atoms with Crippen LogP contribution < -0.4 is 0 Å². The van der Waals surface area contributed by atoms with Gasteiger partial charge in [-0.2, -0.15) is 0 Å². The van der Waals surface area contributed by atoms with E-state index in [1.807, 2.05) is 0 Å². The number of phenolic OH excluding ortho intramolecular Hbond substituents is 1. The van der Waals surface area contributed by atoms with Crippen molar-refractivity contribution in [3.63, 3.8) is 0 Å². The van der Waals surface area contributed by atoms with Crippen LogP contribution in [0.4, 0.5) is 11.4 Å². The minimum Gasteiger partial charge on any atom is -0.681 e. The minimum atomic E-state index is -0.426. The second kappa shape index (κ2) is 7.61. The zero-order valence-corrected chi connectivity index (χ0v) is 15.7. The van der Waals surface area contributed by atoms with E-state index >= 15 is 0 Å². The van der Waals surface area contributed by atoms with Crippen LogP contribution in [0.15, 0.2) is 42.5 Å². The maximum atomic E-state index is 10.5. The Bertz CT molecular complexity index is 600. The maximum absolute atomic E-state index is 10.5. The van der Waals surface area contributed by atoms with Gasteiger partial charge in [-0.25, -0.2) is 0 Å². The fourth-order valence-corrected chi connectivity index (χ4v) is 1.64. The number of benzene rings is 2. The predicted molar refractivity (Wildman–Crippen MR) is 72.7 cm³/mol. The summed E-state index contributed by atoms with van der Waals surface area (Å²) in [7, 11) is 0. The SMILES string of the molecule is Cc1cc([N-]Cc2ccc([N+](=O)[O-])cc2)ccc1O.[Ac]. The van der Waals surface area contributed by atoms with E-state index in [2.05, 4.69) is 5.32 Å². The van der Waals surface area contributed by atoms with E-state index in [1.165, 1.54) is 12.1 Å². The second-order valence-corrected chi connectivity index (χ2v) is 4.21. The summed E-state index contributed by atoms with van der Waals surface area (Å²) in [6, 6.07) is 11.4. The fraction of sp³-hybridized carbons (Fsp3) is 0.143. The van der Waals surface area contributed by atoms with Crippen LogP contribution in [0.25, 0.3) is 5.32 Å². The van der Waals surface area contributed by atoms with Crippen LogP contribution in [0.5, 0.6) is 5.75 Å². The Labute approximate surface area is 152 Å². The van der Waals surface area contributed by atoms with Crippen molar-refractivity contribution in [3.8, 4) is 5.75 Å². The zero-order valence-electron chi connectivity index (χ0n) is 11.0. The van der Waals surface area contributed by atoms with E-state index in [0.717, 1.165) is 16.8 Å². The number of nitro benzene ring substituents is 1. The Morgan fingerprint density at radius 1 is 1.20 bits per heavy atom. The van der Waals surface area contributed by atoms with Crippen LogP contribution >= 0.6 is 0 Å². The Balaban J connectivity index is 0.00000200. The third kappa shape index (κ3) is 4.46. The van der Waals surface area contributed by atoms with Gasteiger partial charge in [-0.05, 0) is 18.6 Å². The van der Waals surface area contributed by atoms with Gasteiger partial charge in [-0.15, -0.1) is 12.2 Å². The van der Waals surface area contributed by atoms with Gasteiger partial charge in [0, 0.05) is 56.2 Å². The topological polar surface area (TPSA) is 77.5 Å². The number of rotatable bonds is 4. The van der Waals surface area contributed by atoms with Crippen LogP contribution in [0.2, 0.25) is 0 Å². The van der Waals surface area contributed by atoms with Gasteiger partial charge in [-0.1, -0.05) is 29.8 Å².